The van der Waals surface area contributed by atoms with Crippen LogP contribution in [0.1, 0.15) is 6.42 Å². The molecule has 0 aromatic heterocycles. The fraction of sp³-hybridized carbons (Fsp3) is 0.364. The molecule has 0 fully saturated rings. The first-order valence-corrected chi connectivity index (χ1v) is 4.90. The van der Waals surface area contributed by atoms with Crippen molar-refractivity contribution < 1.29 is 24.5 Å². The number of carbonyl (C=O) groups is 1. The molecule has 5 heteroatoms. The highest BCUT2D eigenvalue weighted by atomic mass is 16.5. The topological polar surface area (TPSA) is 76.0 Å². The van der Waals surface area contributed by atoms with Gasteiger partial charge in [-0.15, -0.1) is 0 Å². The van der Waals surface area contributed by atoms with Crippen molar-refractivity contribution in [3.8, 4) is 11.5 Å². The minimum atomic E-state index is -1.02. The maximum atomic E-state index is 10.3. The number of ether oxygens (including phenoxy) is 2. The Hall–Kier alpha value is -1.75. The van der Waals surface area contributed by atoms with Crippen molar-refractivity contribution in [3.05, 3.63) is 24.3 Å². The van der Waals surface area contributed by atoms with Crippen LogP contribution < -0.4 is 9.47 Å². The van der Waals surface area contributed by atoms with Crippen molar-refractivity contribution >= 4 is 5.97 Å². The fourth-order valence-corrected chi connectivity index (χ4v) is 1.05. The van der Waals surface area contributed by atoms with Crippen LogP contribution in [0.25, 0.3) is 0 Å². The van der Waals surface area contributed by atoms with Crippen LogP contribution in [0.15, 0.2) is 24.3 Å². The number of carboxylic acids is 1. The summed E-state index contributed by atoms with van der Waals surface area (Å²) in [5.74, 6) is 0.0202. The van der Waals surface area contributed by atoms with Crippen LogP contribution in [0, 0.1) is 0 Å². The molecule has 16 heavy (non-hydrogen) atoms. The molecule has 1 rings (SSSR count). The first-order valence-electron chi connectivity index (χ1n) is 4.90. The van der Waals surface area contributed by atoms with Gasteiger partial charge in [0.1, 0.15) is 11.5 Å². The van der Waals surface area contributed by atoms with Gasteiger partial charge in [0, 0.05) is 19.1 Å². The summed E-state index contributed by atoms with van der Waals surface area (Å²) in [5, 5.41) is 17.0. The van der Waals surface area contributed by atoms with E-state index >= 15 is 0 Å². The highest BCUT2D eigenvalue weighted by molar-refractivity contribution is 5.68. The molecule has 0 heterocycles. The van der Waals surface area contributed by atoms with Gasteiger partial charge in [0.25, 0.3) is 0 Å². The lowest BCUT2D eigenvalue weighted by molar-refractivity contribution is -0.139. The molecule has 5 nitrogen and oxygen atoms in total. The summed E-state index contributed by atoms with van der Waals surface area (Å²) >= 11 is 0. The SMILES string of the molecule is O=C(O)COc1cccc(OCCCO)c1. The first kappa shape index (κ1) is 12.3. The number of aliphatic hydroxyl groups is 1. The van der Waals surface area contributed by atoms with Crippen molar-refractivity contribution in [1.82, 2.24) is 0 Å². The number of carboxylic acid groups (broad SMARTS) is 1. The van der Waals surface area contributed by atoms with Crippen molar-refractivity contribution in [2.45, 2.75) is 6.42 Å². The summed E-state index contributed by atoms with van der Waals surface area (Å²) < 4.78 is 10.3. The standard InChI is InChI=1S/C11H14O5/c12-5-2-6-15-9-3-1-4-10(7-9)16-8-11(13)14/h1,3-4,7,12H,2,5-6,8H2,(H,13,14). The van der Waals surface area contributed by atoms with Gasteiger partial charge in [-0.25, -0.2) is 4.79 Å². The molecule has 0 aliphatic rings. The monoisotopic (exact) mass is 226 g/mol. The Labute approximate surface area is 93.2 Å². The molecule has 0 spiro atoms. The summed E-state index contributed by atoms with van der Waals surface area (Å²) in [7, 11) is 0. The van der Waals surface area contributed by atoms with Crippen molar-refractivity contribution in [3.63, 3.8) is 0 Å². The minimum Gasteiger partial charge on any atom is -0.493 e. The second-order valence-electron chi connectivity index (χ2n) is 3.08. The van der Waals surface area contributed by atoms with Gasteiger partial charge in [0.2, 0.25) is 0 Å². The molecule has 0 saturated heterocycles. The largest absolute Gasteiger partial charge is 0.493 e. The Balaban J connectivity index is 2.46. The number of rotatable bonds is 7. The van der Waals surface area contributed by atoms with E-state index in [9.17, 15) is 4.79 Å². The molecule has 0 radical (unpaired) electrons. The Bertz CT molecular complexity index is 337. The van der Waals surface area contributed by atoms with Crippen LogP contribution in [-0.2, 0) is 4.79 Å². The molecule has 1 aromatic rings. The maximum absolute atomic E-state index is 10.3. The van der Waals surface area contributed by atoms with Crippen LogP contribution in [0.2, 0.25) is 0 Å². The predicted octanol–water partition coefficient (Wildman–Crippen LogP) is 0.911. The third-order valence-corrected chi connectivity index (χ3v) is 1.74. The van der Waals surface area contributed by atoms with Crippen molar-refractivity contribution in [2.75, 3.05) is 19.8 Å². The second kappa shape index (κ2) is 6.68. The van der Waals surface area contributed by atoms with Crippen molar-refractivity contribution in [2.24, 2.45) is 0 Å². The van der Waals surface area contributed by atoms with Gasteiger partial charge in [-0.1, -0.05) is 6.07 Å². The summed E-state index contributed by atoms with van der Waals surface area (Å²) in [4.78, 5) is 10.3. The van der Waals surface area contributed by atoms with Crippen LogP contribution >= 0.6 is 0 Å². The van der Waals surface area contributed by atoms with Crippen molar-refractivity contribution in [1.29, 1.82) is 0 Å². The molecule has 0 amide bonds. The normalized spacial score (nSPS) is 9.81. The van der Waals surface area contributed by atoms with E-state index in [1.807, 2.05) is 0 Å². The maximum Gasteiger partial charge on any atom is 0.341 e. The zero-order valence-corrected chi connectivity index (χ0v) is 8.76. The van der Waals surface area contributed by atoms with Gasteiger partial charge in [-0.2, -0.15) is 0 Å². The van der Waals surface area contributed by atoms with E-state index in [2.05, 4.69) is 0 Å². The highest BCUT2D eigenvalue weighted by Gasteiger charge is 2.00. The van der Waals surface area contributed by atoms with E-state index in [-0.39, 0.29) is 13.2 Å². The number of hydrogen-bond donors (Lipinski definition) is 2. The third kappa shape index (κ3) is 4.65. The van der Waals surface area contributed by atoms with E-state index in [4.69, 9.17) is 19.7 Å². The fourth-order valence-electron chi connectivity index (χ4n) is 1.05. The molecule has 0 saturated carbocycles. The molecule has 0 aliphatic carbocycles. The molecule has 0 aliphatic heterocycles. The van der Waals surface area contributed by atoms with Gasteiger partial charge in [-0.3, -0.25) is 0 Å². The van der Waals surface area contributed by atoms with Gasteiger partial charge < -0.3 is 19.7 Å². The van der Waals surface area contributed by atoms with Crippen LogP contribution in [0.4, 0.5) is 0 Å². The number of benzene rings is 1. The van der Waals surface area contributed by atoms with Crippen LogP contribution in [0.3, 0.4) is 0 Å². The Morgan fingerprint density at radius 1 is 1.25 bits per heavy atom. The highest BCUT2D eigenvalue weighted by Crippen LogP contribution is 2.19. The lowest BCUT2D eigenvalue weighted by atomic mass is 10.3. The van der Waals surface area contributed by atoms with E-state index in [0.29, 0.717) is 24.5 Å². The number of aliphatic hydroxyl groups excluding tert-OH is 1. The third-order valence-electron chi connectivity index (χ3n) is 1.74. The molecule has 0 bridgehead atoms. The minimum absolute atomic E-state index is 0.0786. The molecule has 88 valence electrons. The quantitative estimate of drug-likeness (QED) is 0.676. The van der Waals surface area contributed by atoms with Gasteiger partial charge >= 0.3 is 5.97 Å². The lowest BCUT2D eigenvalue weighted by Gasteiger charge is -2.07. The summed E-state index contributed by atoms with van der Waals surface area (Å²) in [6.45, 7) is 0.119. The summed E-state index contributed by atoms with van der Waals surface area (Å²) in [6, 6.07) is 6.72. The Morgan fingerprint density at radius 2 is 1.94 bits per heavy atom. The molecule has 0 atom stereocenters. The molecular weight excluding hydrogens is 212 g/mol. The second-order valence-corrected chi connectivity index (χ2v) is 3.08. The molecule has 0 unspecified atom stereocenters. The van der Waals surface area contributed by atoms with E-state index in [1.54, 1.807) is 24.3 Å². The van der Waals surface area contributed by atoms with Gasteiger partial charge in [0.05, 0.1) is 6.61 Å². The Morgan fingerprint density at radius 3 is 2.56 bits per heavy atom. The van der Waals surface area contributed by atoms with Crippen LogP contribution in [-0.4, -0.2) is 36.0 Å². The summed E-state index contributed by atoms with van der Waals surface area (Å²) in [5.41, 5.74) is 0. The number of hydrogen-bond acceptors (Lipinski definition) is 4. The van der Waals surface area contributed by atoms with E-state index in [0.717, 1.165) is 0 Å². The number of aliphatic carboxylic acids is 1. The van der Waals surface area contributed by atoms with Gasteiger partial charge in [0.15, 0.2) is 6.61 Å². The molecular formula is C11H14O5. The first-order chi connectivity index (χ1) is 7.72. The molecule has 2 N–H and O–H groups in total. The Kier molecular flexibility index (Phi) is 5.15. The summed E-state index contributed by atoms with van der Waals surface area (Å²) in [6.07, 6.45) is 0.556. The lowest BCUT2D eigenvalue weighted by Crippen LogP contribution is -2.09. The average molecular weight is 226 g/mol. The average Bonchev–Trinajstić information content (AvgIpc) is 2.27. The predicted molar refractivity (Wildman–Crippen MR) is 56.8 cm³/mol. The van der Waals surface area contributed by atoms with E-state index < -0.39 is 5.97 Å². The smallest absolute Gasteiger partial charge is 0.341 e. The zero-order valence-electron chi connectivity index (χ0n) is 8.76. The van der Waals surface area contributed by atoms with Crippen LogP contribution in [0.5, 0.6) is 11.5 Å². The molecule has 1 aromatic carbocycles. The zero-order chi connectivity index (χ0) is 11.8. The van der Waals surface area contributed by atoms with Gasteiger partial charge in [-0.05, 0) is 12.1 Å². The van der Waals surface area contributed by atoms with E-state index in [1.165, 1.54) is 0 Å².